The first-order valence-corrected chi connectivity index (χ1v) is 5.78. The van der Waals surface area contributed by atoms with Crippen molar-refractivity contribution < 1.29 is 9.13 Å². The Hall–Kier alpha value is -0.800. The largest absolute Gasteiger partial charge is 0.496 e. The van der Waals surface area contributed by atoms with E-state index in [0.29, 0.717) is 5.75 Å². The molecule has 17 heavy (non-hydrogen) atoms. The molecule has 0 heterocycles. The van der Waals surface area contributed by atoms with E-state index in [1.165, 1.54) is 12.1 Å². The van der Waals surface area contributed by atoms with E-state index in [0.717, 1.165) is 31.2 Å². The van der Waals surface area contributed by atoms with Crippen molar-refractivity contribution in [3.63, 3.8) is 0 Å². The normalized spacial score (nSPS) is 11.8. The van der Waals surface area contributed by atoms with Crippen molar-refractivity contribution in [3.8, 4) is 5.75 Å². The van der Waals surface area contributed by atoms with Crippen LogP contribution in [0.4, 0.5) is 4.39 Å². The van der Waals surface area contributed by atoms with Crippen LogP contribution in [0, 0.1) is 5.82 Å². The molecule has 0 unspecified atom stereocenters. The molecule has 0 radical (unpaired) electrons. The van der Waals surface area contributed by atoms with Gasteiger partial charge in [-0.05, 0) is 24.6 Å². The molecule has 4 heteroatoms. The van der Waals surface area contributed by atoms with Crippen molar-refractivity contribution in [2.75, 3.05) is 7.11 Å². The van der Waals surface area contributed by atoms with E-state index < -0.39 is 0 Å². The minimum absolute atomic E-state index is 0. The molecule has 0 saturated heterocycles. The van der Waals surface area contributed by atoms with Crippen molar-refractivity contribution in [3.05, 3.63) is 29.6 Å². The molecule has 1 aromatic rings. The Morgan fingerprint density at radius 1 is 1.35 bits per heavy atom. The fourth-order valence-corrected chi connectivity index (χ4v) is 1.76. The number of methoxy groups -OCH3 is 1. The number of rotatable bonds is 6. The molecule has 0 spiro atoms. The van der Waals surface area contributed by atoms with E-state index in [-0.39, 0.29) is 24.3 Å². The molecule has 1 rings (SSSR count). The Balaban J connectivity index is 0.00000256. The summed E-state index contributed by atoms with van der Waals surface area (Å²) in [4.78, 5) is 0. The quantitative estimate of drug-likeness (QED) is 0.790. The third kappa shape index (κ3) is 4.92. The topological polar surface area (TPSA) is 35.2 Å². The van der Waals surface area contributed by atoms with Gasteiger partial charge in [0.15, 0.2) is 0 Å². The molecule has 0 fully saturated rings. The predicted molar refractivity (Wildman–Crippen MR) is 71.3 cm³/mol. The number of benzene rings is 1. The van der Waals surface area contributed by atoms with Crippen LogP contribution < -0.4 is 10.5 Å². The fourth-order valence-electron chi connectivity index (χ4n) is 1.76. The van der Waals surface area contributed by atoms with Crippen molar-refractivity contribution in [1.29, 1.82) is 0 Å². The lowest BCUT2D eigenvalue weighted by Gasteiger charge is -2.15. The highest BCUT2D eigenvalue weighted by molar-refractivity contribution is 5.85. The van der Waals surface area contributed by atoms with Gasteiger partial charge in [-0.15, -0.1) is 12.4 Å². The number of ether oxygens (including phenoxy) is 1. The van der Waals surface area contributed by atoms with Crippen LogP contribution in [-0.2, 0) is 0 Å². The number of halogens is 2. The van der Waals surface area contributed by atoms with Crippen molar-refractivity contribution >= 4 is 12.4 Å². The lowest BCUT2D eigenvalue weighted by Crippen LogP contribution is -2.11. The van der Waals surface area contributed by atoms with Crippen LogP contribution in [0.25, 0.3) is 0 Å². The van der Waals surface area contributed by atoms with E-state index in [1.54, 1.807) is 13.2 Å². The van der Waals surface area contributed by atoms with Gasteiger partial charge in [0.2, 0.25) is 0 Å². The smallest absolute Gasteiger partial charge is 0.123 e. The molecule has 0 aliphatic carbocycles. The van der Waals surface area contributed by atoms with Gasteiger partial charge in [-0.1, -0.05) is 26.2 Å². The van der Waals surface area contributed by atoms with Gasteiger partial charge in [0.1, 0.15) is 11.6 Å². The molecule has 0 saturated carbocycles. The lowest BCUT2D eigenvalue weighted by molar-refractivity contribution is 0.401. The van der Waals surface area contributed by atoms with Gasteiger partial charge in [0.05, 0.1) is 7.11 Å². The number of nitrogens with two attached hydrogens (primary N) is 1. The molecule has 2 nitrogen and oxygen atoms in total. The van der Waals surface area contributed by atoms with E-state index >= 15 is 0 Å². The van der Waals surface area contributed by atoms with Crippen molar-refractivity contribution in [2.24, 2.45) is 5.73 Å². The van der Waals surface area contributed by atoms with Gasteiger partial charge in [0, 0.05) is 11.6 Å². The highest BCUT2D eigenvalue weighted by Gasteiger charge is 2.12. The van der Waals surface area contributed by atoms with Gasteiger partial charge in [0.25, 0.3) is 0 Å². The molecule has 2 N–H and O–H groups in total. The number of unbranched alkanes of at least 4 members (excludes halogenated alkanes) is 2. The van der Waals surface area contributed by atoms with E-state index in [9.17, 15) is 4.39 Å². The van der Waals surface area contributed by atoms with E-state index in [1.807, 2.05) is 0 Å². The minimum Gasteiger partial charge on any atom is -0.496 e. The summed E-state index contributed by atoms with van der Waals surface area (Å²) in [7, 11) is 1.58. The maximum atomic E-state index is 13.1. The van der Waals surface area contributed by atoms with Crippen LogP contribution in [0.3, 0.4) is 0 Å². The zero-order valence-corrected chi connectivity index (χ0v) is 11.2. The number of hydrogen-bond acceptors (Lipinski definition) is 2. The Bertz CT molecular complexity index is 333. The summed E-state index contributed by atoms with van der Waals surface area (Å²) in [5.74, 6) is 0.409. The Morgan fingerprint density at radius 2 is 2.06 bits per heavy atom. The third-order valence-electron chi connectivity index (χ3n) is 2.71. The first-order valence-electron chi connectivity index (χ1n) is 5.78. The summed E-state index contributed by atoms with van der Waals surface area (Å²) in [6.07, 6.45) is 4.25. The van der Waals surface area contributed by atoms with Gasteiger partial charge in [-0.2, -0.15) is 0 Å². The molecule has 0 aliphatic heterocycles. The Kier molecular flexibility index (Phi) is 7.92. The second kappa shape index (κ2) is 8.31. The predicted octanol–water partition coefficient (Wildman–Crippen LogP) is 3.84. The summed E-state index contributed by atoms with van der Waals surface area (Å²) in [6.45, 7) is 2.15. The molecule has 0 amide bonds. The van der Waals surface area contributed by atoms with Crippen LogP contribution in [-0.4, -0.2) is 7.11 Å². The van der Waals surface area contributed by atoms with Crippen LogP contribution in [0.5, 0.6) is 5.75 Å². The monoisotopic (exact) mass is 261 g/mol. The second-order valence-corrected chi connectivity index (χ2v) is 3.99. The summed E-state index contributed by atoms with van der Waals surface area (Å²) < 4.78 is 18.3. The highest BCUT2D eigenvalue weighted by atomic mass is 35.5. The molecule has 98 valence electrons. The maximum Gasteiger partial charge on any atom is 0.123 e. The zero-order valence-electron chi connectivity index (χ0n) is 10.4. The SMILES string of the molecule is CCCCC[C@H](N)c1cc(F)ccc1OC.Cl. The first-order chi connectivity index (χ1) is 7.69. The lowest BCUT2D eigenvalue weighted by atomic mass is 10.0. The summed E-state index contributed by atoms with van der Waals surface area (Å²) >= 11 is 0. The standard InChI is InChI=1S/C13H20FNO.ClH/c1-3-4-5-6-12(15)11-9-10(14)7-8-13(11)16-2;/h7-9,12H,3-6,15H2,1-2H3;1H/t12-;/m0./s1. The van der Waals surface area contributed by atoms with Crippen LogP contribution >= 0.6 is 12.4 Å². The average Bonchev–Trinajstić information content (AvgIpc) is 2.29. The summed E-state index contributed by atoms with van der Waals surface area (Å²) in [5.41, 5.74) is 6.80. The minimum atomic E-state index is -0.262. The third-order valence-corrected chi connectivity index (χ3v) is 2.71. The summed E-state index contributed by atoms with van der Waals surface area (Å²) in [6, 6.07) is 4.35. The Morgan fingerprint density at radius 3 is 2.65 bits per heavy atom. The zero-order chi connectivity index (χ0) is 12.0. The summed E-state index contributed by atoms with van der Waals surface area (Å²) in [5, 5.41) is 0. The molecule has 1 atom stereocenters. The maximum absolute atomic E-state index is 13.1. The van der Waals surface area contributed by atoms with Gasteiger partial charge in [-0.25, -0.2) is 4.39 Å². The van der Waals surface area contributed by atoms with Crippen LogP contribution in [0.15, 0.2) is 18.2 Å². The van der Waals surface area contributed by atoms with E-state index in [4.69, 9.17) is 10.5 Å². The molecular weight excluding hydrogens is 241 g/mol. The Labute approximate surface area is 109 Å². The van der Waals surface area contributed by atoms with Crippen molar-refractivity contribution in [1.82, 2.24) is 0 Å². The van der Waals surface area contributed by atoms with Crippen molar-refractivity contribution in [2.45, 2.75) is 38.6 Å². The molecule has 0 aromatic heterocycles. The van der Waals surface area contributed by atoms with Gasteiger partial charge in [-0.3, -0.25) is 0 Å². The van der Waals surface area contributed by atoms with Gasteiger partial charge < -0.3 is 10.5 Å². The van der Waals surface area contributed by atoms with Gasteiger partial charge >= 0.3 is 0 Å². The molecule has 0 bridgehead atoms. The van der Waals surface area contributed by atoms with Crippen LogP contribution in [0.2, 0.25) is 0 Å². The molecular formula is C13H21ClFNO. The fraction of sp³-hybridized carbons (Fsp3) is 0.538. The average molecular weight is 262 g/mol. The number of hydrogen-bond donors (Lipinski definition) is 1. The highest BCUT2D eigenvalue weighted by Crippen LogP contribution is 2.27. The molecule has 1 aromatic carbocycles. The first kappa shape index (κ1) is 16.2. The molecule has 0 aliphatic rings. The van der Waals surface area contributed by atoms with E-state index in [2.05, 4.69) is 6.92 Å². The second-order valence-electron chi connectivity index (χ2n) is 3.99. The van der Waals surface area contributed by atoms with Crippen LogP contribution in [0.1, 0.15) is 44.2 Å².